The molecule has 0 aliphatic carbocycles. The third-order valence-corrected chi connectivity index (χ3v) is 5.60. The maximum Gasteiger partial charge on any atom is 0.326 e. The minimum absolute atomic E-state index is 0.169. The second-order valence-corrected chi connectivity index (χ2v) is 8.27. The van der Waals surface area contributed by atoms with Crippen LogP contribution in [0.4, 0.5) is 0 Å². The van der Waals surface area contributed by atoms with Crippen LogP contribution < -0.4 is 21.7 Å². The Kier molecular flexibility index (Phi) is 12.1. The molecule has 0 saturated heterocycles. The summed E-state index contributed by atoms with van der Waals surface area (Å²) in [5.74, 6) is -5.61. The first-order chi connectivity index (χ1) is 16.0. The second kappa shape index (κ2) is 14.2. The number of carboxylic acids is 2. The zero-order chi connectivity index (χ0) is 25.8. The normalized spacial score (nSPS) is 15.2. The molecule has 0 radical (unpaired) electrons. The number of amides is 3. The van der Waals surface area contributed by atoms with Gasteiger partial charge in [-0.15, -0.1) is 0 Å². The van der Waals surface area contributed by atoms with Crippen LogP contribution in [0.2, 0.25) is 0 Å². The zero-order valence-electron chi connectivity index (χ0n) is 19.1. The Balaban J connectivity index is 2.87. The summed E-state index contributed by atoms with van der Waals surface area (Å²) in [6.07, 6.45) is -0.0891. The first kappa shape index (κ1) is 28.9. The average molecular weight is 497 g/mol. The minimum Gasteiger partial charge on any atom is -0.481 e. The molecule has 0 aliphatic heterocycles. The summed E-state index contributed by atoms with van der Waals surface area (Å²) in [6.45, 7) is 3.43. The maximum absolute atomic E-state index is 12.7. The summed E-state index contributed by atoms with van der Waals surface area (Å²) >= 11 is 4.03. The molecule has 0 bridgehead atoms. The summed E-state index contributed by atoms with van der Waals surface area (Å²) in [5, 5.41) is 25.5. The van der Waals surface area contributed by atoms with E-state index < -0.39 is 60.2 Å². The Morgan fingerprint density at radius 1 is 0.941 bits per heavy atom. The number of aliphatic carboxylic acids is 2. The van der Waals surface area contributed by atoms with Crippen molar-refractivity contribution in [1.82, 2.24) is 16.0 Å². The molecule has 188 valence electrons. The van der Waals surface area contributed by atoms with Crippen molar-refractivity contribution in [2.45, 2.75) is 57.3 Å². The lowest BCUT2D eigenvalue weighted by Crippen LogP contribution is -2.58. The zero-order valence-corrected chi connectivity index (χ0v) is 20.0. The van der Waals surface area contributed by atoms with Gasteiger partial charge in [0.25, 0.3) is 0 Å². The molecule has 0 heterocycles. The van der Waals surface area contributed by atoms with E-state index in [1.807, 2.05) is 0 Å². The molecule has 0 spiro atoms. The number of carbonyl (C=O) groups excluding carboxylic acids is 3. The molecule has 12 heteroatoms. The second-order valence-electron chi connectivity index (χ2n) is 7.91. The molecule has 5 atom stereocenters. The molecule has 3 amide bonds. The van der Waals surface area contributed by atoms with Crippen molar-refractivity contribution in [3.05, 3.63) is 35.9 Å². The summed E-state index contributed by atoms with van der Waals surface area (Å²) in [5.41, 5.74) is 6.69. The minimum atomic E-state index is -1.51. The van der Waals surface area contributed by atoms with Crippen LogP contribution in [0, 0.1) is 5.92 Å². The largest absolute Gasteiger partial charge is 0.481 e. The Morgan fingerprint density at radius 3 is 2.00 bits per heavy atom. The van der Waals surface area contributed by atoms with Gasteiger partial charge in [-0.25, -0.2) is 4.79 Å². The standard InChI is InChI=1S/C22H32N4O7S/c1-3-12(2)18(22(32)33)26-21(31)16(11-34)25-20(30)15(10-17(27)28)24-19(29)14(23)9-13-7-5-4-6-8-13/h4-8,12,14-16,18,34H,3,9-11,23H2,1-2H3,(H,24,29)(H,25,30)(H,26,31)(H,27,28)(H,32,33). The van der Waals surface area contributed by atoms with Gasteiger partial charge in [0, 0.05) is 5.75 Å². The van der Waals surface area contributed by atoms with Crippen molar-refractivity contribution in [3.63, 3.8) is 0 Å². The average Bonchev–Trinajstić information content (AvgIpc) is 2.79. The smallest absolute Gasteiger partial charge is 0.326 e. The molecule has 0 aliphatic rings. The van der Waals surface area contributed by atoms with E-state index in [2.05, 4.69) is 28.6 Å². The number of hydrogen-bond donors (Lipinski definition) is 7. The molecular weight excluding hydrogens is 464 g/mol. The van der Waals surface area contributed by atoms with Gasteiger partial charge in [0.1, 0.15) is 18.1 Å². The summed E-state index contributed by atoms with van der Waals surface area (Å²) < 4.78 is 0. The highest BCUT2D eigenvalue weighted by Gasteiger charge is 2.32. The van der Waals surface area contributed by atoms with Crippen molar-refractivity contribution in [1.29, 1.82) is 0 Å². The van der Waals surface area contributed by atoms with Gasteiger partial charge in [0.2, 0.25) is 17.7 Å². The quantitative estimate of drug-likeness (QED) is 0.169. The molecule has 34 heavy (non-hydrogen) atoms. The third kappa shape index (κ3) is 9.40. The number of nitrogens with two attached hydrogens (primary N) is 1. The Bertz CT molecular complexity index is 868. The van der Waals surface area contributed by atoms with E-state index in [9.17, 15) is 29.1 Å². The number of carboxylic acid groups (broad SMARTS) is 2. The van der Waals surface area contributed by atoms with Gasteiger partial charge >= 0.3 is 11.9 Å². The molecular formula is C22H32N4O7S. The van der Waals surface area contributed by atoms with Crippen LogP contribution in [-0.2, 0) is 30.4 Å². The monoisotopic (exact) mass is 496 g/mol. The molecule has 1 aromatic rings. The maximum atomic E-state index is 12.7. The molecule has 1 rings (SSSR count). The molecule has 5 unspecified atom stereocenters. The van der Waals surface area contributed by atoms with E-state index in [1.54, 1.807) is 44.2 Å². The summed E-state index contributed by atoms with van der Waals surface area (Å²) in [7, 11) is 0. The predicted octanol–water partition coefficient (Wildman–Crippen LogP) is -0.454. The highest BCUT2D eigenvalue weighted by molar-refractivity contribution is 7.80. The number of benzene rings is 1. The predicted molar refractivity (Wildman–Crippen MR) is 127 cm³/mol. The van der Waals surface area contributed by atoms with Gasteiger partial charge in [0.05, 0.1) is 12.5 Å². The lowest BCUT2D eigenvalue weighted by atomic mass is 9.99. The van der Waals surface area contributed by atoms with E-state index in [1.165, 1.54) is 0 Å². The topological polar surface area (TPSA) is 188 Å². The van der Waals surface area contributed by atoms with Crippen molar-refractivity contribution >= 4 is 42.3 Å². The first-order valence-electron chi connectivity index (χ1n) is 10.8. The highest BCUT2D eigenvalue weighted by atomic mass is 32.1. The Hall–Kier alpha value is -3.12. The van der Waals surface area contributed by atoms with Crippen LogP contribution in [0.25, 0.3) is 0 Å². The Labute approximate surface area is 203 Å². The molecule has 7 N–H and O–H groups in total. The van der Waals surface area contributed by atoms with Crippen molar-refractivity contribution < 1.29 is 34.2 Å². The van der Waals surface area contributed by atoms with Crippen molar-refractivity contribution in [3.8, 4) is 0 Å². The van der Waals surface area contributed by atoms with E-state index in [-0.39, 0.29) is 18.1 Å². The first-order valence-corrected chi connectivity index (χ1v) is 11.4. The summed E-state index contributed by atoms with van der Waals surface area (Å²) in [4.78, 5) is 60.5. The molecule has 1 aromatic carbocycles. The van der Waals surface area contributed by atoms with E-state index in [0.717, 1.165) is 5.56 Å². The van der Waals surface area contributed by atoms with Crippen molar-refractivity contribution in [2.75, 3.05) is 5.75 Å². The lowest BCUT2D eigenvalue weighted by molar-refractivity contribution is -0.144. The molecule has 0 aromatic heterocycles. The molecule has 0 saturated carbocycles. The van der Waals surface area contributed by atoms with Crippen molar-refractivity contribution in [2.24, 2.45) is 11.7 Å². The van der Waals surface area contributed by atoms with E-state index in [0.29, 0.717) is 6.42 Å². The number of carbonyl (C=O) groups is 5. The third-order valence-electron chi connectivity index (χ3n) is 5.24. The van der Waals surface area contributed by atoms with Gasteiger partial charge in [0.15, 0.2) is 0 Å². The fraction of sp³-hybridized carbons (Fsp3) is 0.500. The highest BCUT2D eigenvalue weighted by Crippen LogP contribution is 2.09. The van der Waals surface area contributed by atoms with E-state index >= 15 is 0 Å². The SMILES string of the molecule is CCC(C)C(NC(=O)C(CS)NC(=O)C(CC(=O)O)NC(=O)C(N)Cc1ccccc1)C(=O)O. The van der Waals surface area contributed by atoms with Crippen LogP contribution in [-0.4, -0.2) is 69.8 Å². The fourth-order valence-corrected chi connectivity index (χ4v) is 3.28. The molecule has 11 nitrogen and oxygen atoms in total. The van der Waals surface area contributed by atoms with Crippen LogP contribution in [0.1, 0.15) is 32.3 Å². The number of thiol groups is 1. The van der Waals surface area contributed by atoms with Gasteiger partial charge in [-0.05, 0) is 17.9 Å². The number of hydrogen-bond acceptors (Lipinski definition) is 7. The number of rotatable bonds is 14. The van der Waals surface area contributed by atoms with Gasteiger partial charge in [-0.1, -0.05) is 50.6 Å². The number of nitrogens with one attached hydrogen (secondary N) is 3. The fourth-order valence-electron chi connectivity index (χ4n) is 3.03. The van der Waals surface area contributed by atoms with Gasteiger partial charge < -0.3 is 31.9 Å². The van der Waals surface area contributed by atoms with Crippen LogP contribution in [0.5, 0.6) is 0 Å². The van der Waals surface area contributed by atoms with E-state index in [4.69, 9.17) is 10.8 Å². The summed E-state index contributed by atoms with van der Waals surface area (Å²) in [6, 6.07) is 3.92. The van der Waals surface area contributed by atoms with Gasteiger partial charge in [-0.2, -0.15) is 12.6 Å². The van der Waals surface area contributed by atoms with Crippen LogP contribution in [0.3, 0.4) is 0 Å². The Morgan fingerprint density at radius 2 is 1.50 bits per heavy atom. The van der Waals surface area contributed by atoms with Crippen LogP contribution >= 0.6 is 12.6 Å². The molecule has 0 fully saturated rings. The van der Waals surface area contributed by atoms with Gasteiger partial charge in [-0.3, -0.25) is 19.2 Å². The lowest BCUT2D eigenvalue weighted by Gasteiger charge is -2.25. The van der Waals surface area contributed by atoms with Crippen LogP contribution in [0.15, 0.2) is 30.3 Å².